The molecule has 0 unspecified atom stereocenters. The van der Waals surface area contributed by atoms with Crippen LogP contribution in [0.2, 0.25) is 0 Å². The SMILES string of the molecule is CN(CC(=O)N(C1CC1)C1(C#N)CCC1)S(C)(=O)=O. The standard InChI is InChI=1S/C12H19N3O3S/c1-14(19(2,17)18)8-11(16)15(10-4-5-10)12(9-13)6-3-7-12/h10H,3-8H2,1-2H3. The van der Waals surface area contributed by atoms with Gasteiger partial charge in [-0.05, 0) is 32.1 Å². The molecule has 0 bridgehead atoms. The molecule has 7 heteroatoms. The van der Waals surface area contributed by atoms with Gasteiger partial charge in [0.1, 0.15) is 5.54 Å². The van der Waals surface area contributed by atoms with Crippen molar-refractivity contribution in [2.45, 2.75) is 43.7 Å². The van der Waals surface area contributed by atoms with E-state index in [2.05, 4.69) is 6.07 Å². The van der Waals surface area contributed by atoms with Crippen molar-refractivity contribution in [1.82, 2.24) is 9.21 Å². The van der Waals surface area contributed by atoms with Crippen LogP contribution in [0.1, 0.15) is 32.1 Å². The number of likely N-dealkylation sites (N-methyl/N-ethyl adjacent to an activating group) is 1. The first kappa shape index (κ1) is 14.3. The van der Waals surface area contributed by atoms with Gasteiger partial charge >= 0.3 is 0 Å². The molecular formula is C12H19N3O3S. The van der Waals surface area contributed by atoms with Crippen molar-refractivity contribution in [2.24, 2.45) is 0 Å². The number of nitriles is 1. The van der Waals surface area contributed by atoms with Gasteiger partial charge in [0.15, 0.2) is 0 Å². The first-order chi connectivity index (χ1) is 8.80. The zero-order chi connectivity index (χ0) is 14.3. The molecule has 2 fully saturated rings. The predicted molar refractivity (Wildman–Crippen MR) is 69.5 cm³/mol. The van der Waals surface area contributed by atoms with Gasteiger partial charge in [-0.1, -0.05) is 0 Å². The molecule has 6 nitrogen and oxygen atoms in total. The van der Waals surface area contributed by atoms with Crippen LogP contribution in [-0.2, 0) is 14.8 Å². The molecule has 0 atom stereocenters. The summed E-state index contributed by atoms with van der Waals surface area (Å²) >= 11 is 0. The Balaban J connectivity index is 2.13. The number of carbonyl (C=O) groups is 1. The molecule has 106 valence electrons. The molecule has 0 spiro atoms. The molecule has 0 aromatic carbocycles. The monoisotopic (exact) mass is 285 g/mol. The minimum absolute atomic E-state index is 0.125. The highest BCUT2D eigenvalue weighted by Crippen LogP contribution is 2.43. The maximum Gasteiger partial charge on any atom is 0.239 e. The van der Waals surface area contributed by atoms with E-state index in [0.29, 0.717) is 12.8 Å². The molecule has 0 radical (unpaired) electrons. The lowest BCUT2D eigenvalue weighted by Crippen LogP contribution is -2.58. The molecule has 2 aliphatic carbocycles. The zero-order valence-electron chi connectivity index (χ0n) is 11.3. The predicted octanol–water partition coefficient (Wildman–Crippen LogP) is 0.315. The summed E-state index contributed by atoms with van der Waals surface area (Å²) in [5, 5.41) is 9.35. The van der Waals surface area contributed by atoms with Crippen LogP contribution in [0.15, 0.2) is 0 Å². The number of nitrogens with zero attached hydrogens (tertiary/aromatic N) is 3. The molecule has 0 saturated heterocycles. The average molecular weight is 285 g/mol. The Bertz CT molecular complexity index is 515. The van der Waals surface area contributed by atoms with Gasteiger partial charge in [0.2, 0.25) is 15.9 Å². The van der Waals surface area contributed by atoms with Gasteiger partial charge in [0, 0.05) is 13.1 Å². The van der Waals surface area contributed by atoms with E-state index in [4.69, 9.17) is 0 Å². The van der Waals surface area contributed by atoms with E-state index in [1.165, 1.54) is 7.05 Å². The number of amides is 1. The van der Waals surface area contributed by atoms with Crippen LogP contribution < -0.4 is 0 Å². The summed E-state index contributed by atoms with van der Waals surface area (Å²) in [6.45, 7) is -0.182. The summed E-state index contributed by atoms with van der Waals surface area (Å²) in [7, 11) is -1.99. The van der Waals surface area contributed by atoms with Crippen LogP contribution in [-0.4, -0.2) is 55.0 Å². The van der Waals surface area contributed by atoms with Gasteiger partial charge < -0.3 is 4.90 Å². The fraction of sp³-hybridized carbons (Fsp3) is 0.833. The lowest BCUT2D eigenvalue weighted by molar-refractivity contribution is -0.139. The van der Waals surface area contributed by atoms with Crippen molar-refractivity contribution in [3.8, 4) is 6.07 Å². The zero-order valence-corrected chi connectivity index (χ0v) is 12.1. The summed E-state index contributed by atoms with van der Waals surface area (Å²) in [4.78, 5) is 14.0. The van der Waals surface area contributed by atoms with Crippen molar-refractivity contribution in [3.63, 3.8) is 0 Å². The molecule has 0 heterocycles. The second-order valence-corrected chi connectivity index (χ2v) is 7.60. The Hall–Kier alpha value is -1.13. The minimum atomic E-state index is -3.37. The maximum atomic E-state index is 12.3. The fourth-order valence-electron chi connectivity index (χ4n) is 2.43. The quantitative estimate of drug-likeness (QED) is 0.728. The highest BCUT2D eigenvalue weighted by molar-refractivity contribution is 7.88. The number of hydrogen-bond acceptors (Lipinski definition) is 4. The third-order valence-electron chi connectivity index (χ3n) is 3.95. The number of rotatable bonds is 5. The Morgan fingerprint density at radius 1 is 1.42 bits per heavy atom. The number of carbonyl (C=O) groups excluding carboxylic acids is 1. The second kappa shape index (κ2) is 4.76. The van der Waals surface area contributed by atoms with E-state index in [0.717, 1.165) is 29.8 Å². The van der Waals surface area contributed by atoms with Crippen LogP contribution in [0.3, 0.4) is 0 Å². The summed E-state index contributed by atoms with van der Waals surface area (Å²) < 4.78 is 23.8. The molecule has 0 aromatic rings. The fourth-order valence-corrected chi connectivity index (χ4v) is 2.77. The molecule has 1 amide bonds. The van der Waals surface area contributed by atoms with Gasteiger partial charge in [-0.3, -0.25) is 4.79 Å². The van der Waals surface area contributed by atoms with Gasteiger partial charge in [-0.25, -0.2) is 8.42 Å². The third kappa shape index (κ3) is 2.74. The summed E-state index contributed by atoms with van der Waals surface area (Å²) in [5.41, 5.74) is -0.684. The Morgan fingerprint density at radius 2 is 2.00 bits per heavy atom. The average Bonchev–Trinajstić information content (AvgIpc) is 3.05. The van der Waals surface area contributed by atoms with Gasteiger partial charge in [-0.15, -0.1) is 0 Å². The lowest BCUT2D eigenvalue weighted by Gasteiger charge is -2.45. The van der Waals surface area contributed by atoms with E-state index in [1.54, 1.807) is 4.90 Å². The summed E-state index contributed by atoms with van der Waals surface area (Å²) in [6.07, 6.45) is 5.26. The number of hydrogen-bond donors (Lipinski definition) is 0. The Labute approximate surface area is 114 Å². The van der Waals surface area contributed by atoms with E-state index in [9.17, 15) is 18.5 Å². The smallest absolute Gasteiger partial charge is 0.239 e. The topological polar surface area (TPSA) is 81.5 Å². The maximum absolute atomic E-state index is 12.3. The van der Waals surface area contributed by atoms with Crippen molar-refractivity contribution >= 4 is 15.9 Å². The number of sulfonamides is 1. The van der Waals surface area contributed by atoms with Crippen molar-refractivity contribution in [2.75, 3.05) is 19.8 Å². The lowest BCUT2D eigenvalue weighted by atomic mass is 9.76. The second-order valence-electron chi connectivity index (χ2n) is 5.51. The van der Waals surface area contributed by atoms with Crippen LogP contribution in [0.25, 0.3) is 0 Å². The van der Waals surface area contributed by atoms with Crippen LogP contribution in [0, 0.1) is 11.3 Å². The highest BCUT2D eigenvalue weighted by atomic mass is 32.2. The molecule has 2 rings (SSSR count). The van der Waals surface area contributed by atoms with Crippen molar-refractivity contribution in [3.05, 3.63) is 0 Å². The Morgan fingerprint density at radius 3 is 2.32 bits per heavy atom. The minimum Gasteiger partial charge on any atom is -0.320 e. The van der Waals surface area contributed by atoms with Crippen LogP contribution in [0.4, 0.5) is 0 Å². The van der Waals surface area contributed by atoms with Crippen molar-refractivity contribution in [1.29, 1.82) is 5.26 Å². The van der Waals surface area contributed by atoms with E-state index in [1.807, 2.05) is 0 Å². The van der Waals surface area contributed by atoms with E-state index < -0.39 is 15.6 Å². The molecular weight excluding hydrogens is 266 g/mol. The first-order valence-corrected chi connectivity index (χ1v) is 8.30. The molecule has 0 aliphatic heterocycles. The van der Waals surface area contributed by atoms with E-state index >= 15 is 0 Å². The van der Waals surface area contributed by atoms with Gasteiger partial charge in [-0.2, -0.15) is 9.57 Å². The van der Waals surface area contributed by atoms with Crippen LogP contribution in [0.5, 0.6) is 0 Å². The van der Waals surface area contributed by atoms with E-state index in [-0.39, 0.29) is 18.5 Å². The van der Waals surface area contributed by atoms with Gasteiger partial charge in [0.05, 0.1) is 18.9 Å². The van der Waals surface area contributed by atoms with Gasteiger partial charge in [0.25, 0.3) is 0 Å². The van der Waals surface area contributed by atoms with Crippen LogP contribution >= 0.6 is 0 Å². The van der Waals surface area contributed by atoms with Crippen molar-refractivity contribution < 1.29 is 13.2 Å². The Kier molecular flexibility index (Phi) is 3.58. The largest absolute Gasteiger partial charge is 0.320 e. The molecule has 2 saturated carbocycles. The third-order valence-corrected chi connectivity index (χ3v) is 5.22. The normalized spacial score (nSPS) is 21.6. The molecule has 19 heavy (non-hydrogen) atoms. The summed E-state index contributed by atoms with van der Waals surface area (Å²) in [5.74, 6) is -0.253. The highest BCUT2D eigenvalue weighted by Gasteiger charge is 2.51. The first-order valence-electron chi connectivity index (χ1n) is 6.45. The molecule has 2 aliphatic rings. The molecule has 0 N–H and O–H groups in total. The molecule has 0 aromatic heterocycles. The summed E-state index contributed by atoms with van der Waals surface area (Å²) in [6, 6.07) is 2.39.